The van der Waals surface area contributed by atoms with E-state index in [2.05, 4.69) is 27.1 Å². The highest BCUT2D eigenvalue weighted by atomic mass is 32.1. The van der Waals surface area contributed by atoms with Gasteiger partial charge in [-0.3, -0.25) is 15.0 Å². The fourth-order valence-corrected chi connectivity index (χ4v) is 4.90. The number of anilines is 1. The fourth-order valence-electron chi connectivity index (χ4n) is 3.85. The van der Waals surface area contributed by atoms with Crippen LogP contribution in [-0.4, -0.2) is 33.9 Å². The van der Waals surface area contributed by atoms with Gasteiger partial charge in [-0.1, -0.05) is 48.9 Å². The highest BCUT2D eigenvalue weighted by molar-refractivity contribution is 7.15. The zero-order chi connectivity index (χ0) is 22.1. The van der Waals surface area contributed by atoms with Crippen LogP contribution < -0.4 is 5.32 Å². The van der Waals surface area contributed by atoms with Gasteiger partial charge in [0.15, 0.2) is 10.9 Å². The highest BCUT2D eigenvalue weighted by Crippen LogP contribution is 2.31. The average molecular weight is 445 g/mol. The summed E-state index contributed by atoms with van der Waals surface area (Å²) in [6.45, 7) is 7.14. The molecule has 0 saturated heterocycles. The third kappa shape index (κ3) is 4.09. The quantitative estimate of drug-likeness (QED) is 0.446. The van der Waals surface area contributed by atoms with Crippen LogP contribution in [-0.2, 0) is 13.0 Å². The molecule has 32 heavy (non-hydrogen) atoms. The second kappa shape index (κ2) is 8.68. The highest BCUT2D eigenvalue weighted by Gasteiger charge is 2.22. The molecule has 0 fully saturated rings. The molecule has 1 amide bonds. The third-order valence-electron chi connectivity index (χ3n) is 5.72. The molecule has 162 valence electrons. The van der Waals surface area contributed by atoms with Crippen LogP contribution in [0.5, 0.6) is 0 Å². The molecular weight excluding hydrogens is 420 g/mol. The van der Waals surface area contributed by atoms with Crippen LogP contribution >= 0.6 is 11.3 Å². The molecule has 0 radical (unpaired) electrons. The number of aryl methyl sites for hydroxylation is 1. The number of nitrogens with zero attached hydrogens (tertiary/aromatic N) is 3. The van der Waals surface area contributed by atoms with Crippen molar-refractivity contribution >= 4 is 22.4 Å². The first-order valence-electron chi connectivity index (χ1n) is 10.7. The first-order valence-corrected chi connectivity index (χ1v) is 11.6. The van der Waals surface area contributed by atoms with Crippen molar-refractivity contribution in [1.82, 2.24) is 14.9 Å². The van der Waals surface area contributed by atoms with E-state index in [4.69, 9.17) is 4.42 Å². The summed E-state index contributed by atoms with van der Waals surface area (Å²) in [7, 11) is 0. The lowest BCUT2D eigenvalue weighted by Gasteiger charge is -2.23. The Balaban J connectivity index is 1.39. The van der Waals surface area contributed by atoms with E-state index in [0.717, 1.165) is 37.3 Å². The first-order chi connectivity index (χ1) is 15.6. The summed E-state index contributed by atoms with van der Waals surface area (Å²) in [5.41, 5.74) is 4.39. The van der Waals surface area contributed by atoms with E-state index in [0.29, 0.717) is 27.9 Å². The lowest BCUT2D eigenvalue weighted by atomic mass is 10.1. The lowest BCUT2D eigenvalue weighted by Crippen LogP contribution is -2.29. The van der Waals surface area contributed by atoms with Crippen LogP contribution in [0.25, 0.3) is 22.8 Å². The summed E-state index contributed by atoms with van der Waals surface area (Å²) in [5.74, 6) is 0.876. The molecule has 0 bridgehead atoms. The molecule has 5 rings (SSSR count). The third-order valence-corrected chi connectivity index (χ3v) is 6.72. The van der Waals surface area contributed by atoms with Crippen molar-refractivity contribution < 1.29 is 9.21 Å². The van der Waals surface area contributed by atoms with Crippen LogP contribution in [0.1, 0.15) is 33.4 Å². The molecule has 2 aromatic carbocycles. The molecule has 1 aliphatic rings. The van der Waals surface area contributed by atoms with Crippen molar-refractivity contribution in [2.45, 2.75) is 26.8 Å². The van der Waals surface area contributed by atoms with Crippen LogP contribution in [0, 0.1) is 6.92 Å². The van der Waals surface area contributed by atoms with E-state index < -0.39 is 0 Å². The van der Waals surface area contributed by atoms with Gasteiger partial charge in [0.25, 0.3) is 5.91 Å². The van der Waals surface area contributed by atoms with E-state index in [1.165, 1.54) is 10.4 Å². The minimum Gasteiger partial charge on any atom is -0.436 e. The molecule has 0 atom stereocenters. The van der Waals surface area contributed by atoms with Crippen molar-refractivity contribution in [1.29, 1.82) is 0 Å². The smallest absolute Gasteiger partial charge is 0.258 e. The van der Waals surface area contributed by atoms with Crippen LogP contribution in [0.3, 0.4) is 0 Å². The van der Waals surface area contributed by atoms with Gasteiger partial charge in [0.2, 0.25) is 5.89 Å². The second-order valence-corrected chi connectivity index (χ2v) is 8.99. The molecule has 3 heterocycles. The SMILES string of the molecule is CCN1CCc2nc(NC(=O)c3ccccc3-c3ncc(-c4ccc(C)cc4)o3)sc2C1. The zero-order valence-corrected chi connectivity index (χ0v) is 18.9. The molecule has 6 nitrogen and oxygen atoms in total. The van der Waals surface area contributed by atoms with Crippen molar-refractivity contribution in [3.05, 3.63) is 76.4 Å². The molecule has 1 N–H and O–H groups in total. The molecule has 0 saturated carbocycles. The molecule has 1 aliphatic heterocycles. The maximum atomic E-state index is 13.1. The van der Waals surface area contributed by atoms with Crippen LogP contribution in [0.4, 0.5) is 5.13 Å². The van der Waals surface area contributed by atoms with Crippen LogP contribution in [0.2, 0.25) is 0 Å². The number of fused-ring (bicyclic) bond motifs is 1. The number of hydrogen-bond acceptors (Lipinski definition) is 6. The van der Waals surface area contributed by atoms with Gasteiger partial charge in [-0.25, -0.2) is 9.97 Å². The summed E-state index contributed by atoms with van der Waals surface area (Å²) in [4.78, 5) is 25.8. The first kappa shape index (κ1) is 20.6. The van der Waals surface area contributed by atoms with Gasteiger partial charge in [-0.05, 0) is 25.6 Å². The Morgan fingerprint density at radius 3 is 2.81 bits per heavy atom. The number of nitrogens with one attached hydrogen (secondary N) is 1. The number of carbonyl (C=O) groups excluding carboxylic acids is 1. The Bertz CT molecular complexity index is 1260. The number of hydrogen-bond donors (Lipinski definition) is 1. The number of likely N-dealkylation sites (N-methyl/N-ethyl adjacent to an activating group) is 1. The Hall–Kier alpha value is -3.29. The van der Waals surface area contributed by atoms with Gasteiger partial charge < -0.3 is 4.42 Å². The van der Waals surface area contributed by atoms with Crippen LogP contribution in [0.15, 0.2) is 59.1 Å². The summed E-state index contributed by atoms with van der Waals surface area (Å²) in [5, 5.41) is 3.62. The van der Waals surface area contributed by atoms with E-state index in [1.807, 2.05) is 49.4 Å². The van der Waals surface area contributed by atoms with Gasteiger partial charge in [0.05, 0.1) is 17.5 Å². The van der Waals surface area contributed by atoms with Gasteiger partial charge in [0.1, 0.15) is 0 Å². The Labute approximate surface area is 190 Å². The van der Waals surface area contributed by atoms with Gasteiger partial charge in [-0.2, -0.15) is 0 Å². The zero-order valence-electron chi connectivity index (χ0n) is 18.1. The number of carbonyl (C=O) groups is 1. The summed E-state index contributed by atoms with van der Waals surface area (Å²) < 4.78 is 6.02. The number of rotatable bonds is 5. The monoisotopic (exact) mass is 444 g/mol. The number of thiazole rings is 1. The fraction of sp³-hybridized carbons (Fsp3) is 0.240. The average Bonchev–Trinajstić information content (AvgIpc) is 3.46. The molecule has 4 aromatic rings. The van der Waals surface area contributed by atoms with Crippen molar-refractivity contribution in [3.63, 3.8) is 0 Å². The predicted molar refractivity (Wildman–Crippen MR) is 127 cm³/mol. The number of oxazole rings is 1. The van der Waals surface area contributed by atoms with Crippen molar-refractivity contribution in [2.75, 3.05) is 18.4 Å². The summed E-state index contributed by atoms with van der Waals surface area (Å²) in [6, 6.07) is 15.4. The van der Waals surface area contributed by atoms with Gasteiger partial charge in [0, 0.05) is 35.5 Å². The van der Waals surface area contributed by atoms with Crippen molar-refractivity contribution in [3.8, 4) is 22.8 Å². The lowest BCUT2D eigenvalue weighted by molar-refractivity contribution is 0.102. The normalized spacial score (nSPS) is 13.7. The molecule has 7 heteroatoms. The van der Waals surface area contributed by atoms with E-state index in [1.54, 1.807) is 23.6 Å². The number of aromatic nitrogens is 2. The standard InChI is InChI=1S/C25H24N4O2S/c1-3-29-13-12-20-22(15-29)32-25(27-20)28-23(30)18-6-4-5-7-19(18)24-26-14-21(31-24)17-10-8-16(2)9-11-17/h4-11,14H,3,12-13,15H2,1-2H3,(H,27,28,30). The maximum absolute atomic E-state index is 13.1. The Kier molecular flexibility index (Phi) is 5.59. The second-order valence-electron chi connectivity index (χ2n) is 7.90. The Morgan fingerprint density at radius 2 is 2.00 bits per heavy atom. The summed E-state index contributed by atoms with van der Waals surface area (Å²) in [6.07, 6.45) is 2.62. The van der Waals surface area contributed by atoms with E-state index in [-0.39, 0.29) is 5.91 Å². The molecular formula is C25H24N4O2S. The van der Waals surface area contributed by atoms with E-state index >= 15 is 0 Å². The molecule has 2 aromatic heterocycles. The van der Waals surface area contributed by atoms with E-state index in [9.17, 15) is 4.79 Å². The molecule has 0 unspecified atom stereocenters. The predicted octanol–water partition coefficient (Wildman–Crippen LogP) is 5.40. The molecule has 0 aliphatic carbocycles. The minimum atomic E-state index is -0.214. The summed E-state index contributed by atoms with van der Waals surface area (Å²) >= 11 is 1.56. The Morgan fingerprint density at radius 1 is 1.19 bits per heavy atom. The van der Waals surface area contributed by atoms with Crippen molar-refractivity contribution in [2.24, 2.45) is 0 Å². The van der Waals surface area contributed by atoms with Gasteiger partial charge in [-0.15, -0.1) is 11.3 Å². The maximum Gasteiger partial charge on any atom is 0.258 e. The minimum absolute atomic E-state index is 0.214. The van der Waals surface area contributed by atoms with Gasteiger partial charge >= 0.3 is 0 Å². The largest absolute Gasteiger partial charge is 0.436 e. The molecule has 0 spiro atoms. The number of benzene rings is 2. The topological polar surface area (TPSA) is 71.3 Å². The number of amides is 1.